The van der Waals surface area contributed by atoms with Gasteiger partial charge < -0.3 is 9.47 Å². The van der Waals surface area contributed by atoms with Crippen molar-refractivity contribution in [1.82, 2.24) is 4.90 Å². The second-order valence-electron chi connectivity index (χ2n) is 8.11. The molecule has 180 valence electrons. The molecule has 0 saturated carbocycles. The summed E-state index contributed by atoms with van der Waals surface area (Å²) in [6, 6.07) is 21.8. The van der Waals surface area contributed by atoms with Gasteiger partial charge in [-0.3, -0.25) is 14.5 Å². The molecule has 1 fully saturated rings. The monoisotopic (exact) mass is 599 g/mol. The molecular weight excluding hydrogens is 573 g/mol. The second kappa shape index (κ2) is 11.8. The van der Waals surface area contributed by atoms with Crippen LogP contribution in [0.5, 0.6) is 11.5 Å². The fraction of sp³-hybridized carbons (Fsp3) is 0.214. The van der Waals surface area contributed by atoms with Gasteiger partial charge in [-0.15, -0.1) is 0 Å². The number of halogens is 1. The van der Waals surface area contributed by atoms with Crippen molar-refractivity contribution in [2.75, 3.05) is 13.2 Å². The Morgan fingerprint density at radius 1 is 0.971 bits per heavy atom. The Labute approximate surface area is 223 Å². The number of carbonyl (C=O) groups is 2. The van der Waals surface area contributed by atoms with E-state index in [0.29, 0.717) is 42.6 Å². The summed E-state index contributed by atoms with van der Waals surface area (Å²) in [4.78, 5) is 27.2. The lowest BCUT2D eigenvalue weighted by Crippen LogP contribution is -2.30. The van der Waals surface area contributed by atoms with Gasteiger partial charge in [-0.25, -0.2) is 0 Å². The van der Waals surface area contributed by atoms with Crippen molar-refractivity contribution in [2.24, 2.45) is 0 Å². The number of carbonyl (C=O) groups excluding carboxylic acids is 2. The minimum atomic E-state index is -0.261. The molecule has 1 aliphatic rings. The SMILES string of the molecule is CCOc1cc(/C=C2\SC(=O)N(CCc3ccccc3)C2=O)cc(I)c1OCc1ccc(C)cc1. The minimum absolute atomic E-state index is 0.241. The van der Waals surface area contributed by atoms with Crippen LogP contribution in [0.1, 0.15) is 29.2 Å². The Morgan fingerprint density at radius 2 is 1.71 bits per heavy atom. The van der Waals surface area contributed by atoms with Crippen molar-refractivity contribution in [2.45, 2.75) is 26.9 Å². The fourth-order valence-corrected chi connectivity index (χ4v) is 5.29. The summed E-state index contributed by atoms with van der Waals surface area (Å²) in [7, 11) is 0. The van der Waals surface area contributed by atoms with Gasteiger partial charge in [0.25, 0.3) is 11.1 Å². The number of amides is 2. The van der Waals surface area contributed by atoms with E-state index in [1.54, 1.807) is 6.08 Å². The molecule has 2 amide bonds. The fourth-order valence-electron chi connectivity index (χ4n) is 3.64. The highest BCUT2D eigenvalue weighted by Gasteiger charge is 2.34. The van der Waals surface area contributed by atoms with Crippen LogP contribution in [0.4, 0.5) is 4.79 Å². The summed E-state index contributed by atoms with van der Waals surface area (Å²) in [5.74, 6) is 1.02. The molecule has 1 aliphatic heterocycles. The zero-order valence-electron chi connectivity index (χ0n) is 19.6. The van der Waals surface area contributed by atoms with Gasteiger partial charge in [0.15, 0.2) is 11.5 Å². The lowest BCUT2D eigenvalue weighted by Gasteiger charge is -2.15. The van der Waals surface area contributed by atoms with E-state index in [-0.39, 0.29) is 11.1 Å². The molecule has 0 N–H and O–H groups in total. The first-order valence-corrected chi connectivity index (χ1v) is 13.3. The standard InChI is InChI=1S/C28H26INO4S/c1-3-33-24-16-22(15-23(29)26(24)34-18-21-11-9-19(2)10-12-21)17-25-27(31)30(28(32)35-25)14-13-20-7-5-4-6-8-20/h4-12,15-17H,3,13-14,18H2,1-2H3/b25-17-. The van der Waals surface area contributed by atoms with Gasteiger partial charge in [0.2, 0.25) is 0 Å². The maximum atomic E-state index is 12.9. The summed E-state index contributed by atoms with van der Waals surface area (Å²) in [5, 5.41) is -0.241. The zero-order chi connectivity index (χ0) is 24.8. The van der Waals surface area contributed by atoms with E-state index in [1.807, 2.05) is 61.5 Å². The number of ether oxygens (including phenoxy) is 2. The van der Waals surface area contributed by atoms with Crippen LogP contribution in [-0.4, -0.2) is 29.2 Å². The van der Waals surface area contributed by atoms with Gasteiger partial charge in [-0.1, -0.05) is 60.2 Å². The number of thioether (sulfide) groups is 1. The van der Waals surface area contributed by atoms with Crippen LogP contribution in [-0.2, 0) is 17.8 Å². The summed E-state index contributed by atoms with van der Waals surface area (Å²) < 4.78 is 12.8. The van der Waals surface area contributed by atoms with Crippen molar-refractivity contribution < 1.29 is 19.1 Å². The molecular formula is C28H26INO4S. The average molecular weight is 599 g/mol. The molecule has 0 unspecified atom stereocenters. The van der Waals surface area contributed by atoms with Crippen molar-refractivity contribution in [3.05, 3.63) is 97.5 Å². The third kappa shape index (κ3) is 6.46. The minimum Gasteiger partial charge on any atom is -0.490 e. The maximum absolute atomic E-state index is 12.9. The molecule has 5 nitrogen and oxygen atoms in total. The van der Waals surface area contributed by atoms with Gasteiger partial charge in [-0.05, 0) is 89.5 Å². The maximum Gasteiger partial charge on any atom is 0.293 e. The highest BCUT2D eigenvalue weighted by atomic mass is 127. The molecule has 4 rings (SSSR count). The van der Waals surface area contributed by atoms with E-state index >= 15 is 0 Å². The summed E-state index contributed by atoms with van der Waals surface area (Å²) in [6.45, 7) is 5.24. The zero-order valence-corrected chi connectivity index (χ0v) is 22.6. The molecule has 0 aliphatic carbocycles. The Kier molecular flexibility index (Phi) is 8.51. The summed E-state index contributed by atoms with van der Waals surface area (Å²) >= 11 is 3.19. The van der Waals surface area contributed by atoms with Crippen molar-refractivity contribution in [3.63, 3.8) is 0 Å². The quantitative estimate of drug-likeness (QED) is 0.199. The smallest absolute Gasteiger partial charge is 0.293 e. The predicted octanol–water partition coefficient (Wildman–Crippen LogP) is 6.86. The van der Waals surface area contributed by atoms with Gasteiger partial charge in [0, 0.05) is 6.54 Å². The Bertz CT molecular complexity index is 1240. The highest BCUT2D eigenvalue weighted by Crippen LogP contribution is 2.38. The first-order valence-electron chi connectivity index (χ1n) is 11.4. The van der Waals surface area contributed by atoms with E-state index < -0.39 is 0 Å². The third-order valence-corrected chi connectivity index (χ3v) is 7.18. The topological polar surface area (TPSA) is 55.8 Å². The first-order chi connectivity index (χ1) is 16.9. The second-order valence-corrected chi connectivity index (χ2v) is 10.3. The van der Waals surface area contributed by atoms with Gasteiger partial charge in [-0.2, -0.15) is 0 Å². The number of nitrogens with zero attached hydrogens (tertiary/aromatic N) is 1. The van der Waals surface area contributed by atoms with Crippen LogP contribution in [0.3, 0.4) is 0 Å². The Morgan fingerprint density at radius 3 is 2.43 bits per heavy atom. The van der Waals surface area contributed by atoms with E-state index in [2.05, 4.69) is 41.6 Å². The van der Waals surface area contributed by atoms with Crippen molar-refractivity contribution in [1.29, 1.82) is 0 Å². The average Bonchev–Trinajstić information content (AvgIpc) is 3.11. The normalized spacial score (nSPS) is 14.6. The number of imide groups is 1. The Balaban J connectivity index is 1.50. The molecule has 0 bridgehead atoms. The number of rotatable bonds is 9. The van der Waals surface area contributed by atoms with Crippen LogP contribution >= 0.6 is 34.4 Å². The molecule has 1 saturated heterocycles. The highest BCUT2D eigenvalue weighted by molar-refractivity contribution is 14.1. The van der Waals surface area contributed by atoms with E-state index in [4.69, 9.17) is 9.47 Å². The molecule has 0 spiro atoms. The molecule has 0 aromatic heterocycles. The molecule has 7 heteroatoms. The molecule has 35 heavy (non-hydrogen) atoms. The lowest BCUT2D eigenvalue weighted by molar-refractivity contribution is -0.122. The molecule has 3 aromatic rings. The number of aryl methyl sites for hydroxylation is 1. The van der Waals surface area contributed by atoms with E-state index in [0.717, 1.165) is 32.0 Å². The number of hydrogen-bond acceptors (Lipinski definition) is 5. The van der Waals surface area contributed by atoms with Crippen LogP contribution in [0.25, 0.3) is 6.08 Å². The third-order valence-electron chi connectivity index (χ3n) is 5.47. The summed E-state index contributed by atoms with van der Waals surface area (Å²) in [6.07, 6.45) is 2.38. The van der Waals surface area contributed by atoms with Crippen LogP contribution in [0.2, 0.25) is 0 Å². The van der Waals surface area contributed by atoms with Gasteiger partial charge >= 0.3 is 0 Å². The number of hydrogen-bond donors (Lipinski definition) is 0. The molecule has 3 aromatic carbocycles. The first kappa shape index (κ1) is 25.3. The van der Waals surface area contributed by atoms with Crippen LogP contribution < -0.4 is 9.47 Å². The van der Waals surface area contributed by atoms with Gasteiger partial charge in [0.05, 0.1) is 15.1 Å². The van der Waals surface area contributed by atoms with Crippen molar-refractivity contribution >= 4 is 51.6 Å². The molecule has 0 radical (unpaired) electrons. The van der Waals surface area contributed by atoms with Gasteiger partial charge in [0.1, 0.15) is 6.61 Å². The number of benzene rings is 3. The van der Waals surface area contributed by atoms with E-state index in [9.17, 15) is 9.59 Å². The Hall–Kier alpha value is -2.78. The van der Waals surface area contributed by atoms with Crippen molar-refractivity contribution in [3.8, 4) is 11.5 Å². The largest absolute Gasteiger partial charge is 0.490 e. The van der Waals surface area contributed by atoms with E-state index in [1.165, 1.54) is 10.5 Å². The lowest BCUT2D eigenvalue weighted by atomic mass is 10.1. The predicted molar refractivity (Wildman–Crippen MR) is 149 cm³/mol. The molecule has 1 heterocycles. The molecule has 0 atom stereocenters. The van der Waals surface area contributed by atoms with Crippen LogP contribution in [0.15, 0.2) is 71.6 Å². The summed E-state index contributed by atoms with van der Waals surface area (Å²) in [5.41, 5.74) is 4.15. The van der Waals surface area contributed by atoms with Crippen LogP contribution in [0, 0.1) is 10.5 Å².